The molecule has 1 amide bonds. The van der Waals surface area contributed by atoms with E-state index in [1.807, 2.05) is 18.2 Å². The molecule has 0 aromatic heterocycles. The van der Waals surface area contributed by atoms with Crippen LogP contribution in [0.15, 0.2) is 42.5 Å². The lowest BCUT2D eigenvalue weighted by atomic mass is 10.2. The van der Waals surface area contributed by atoms with Crippen LogP contribution >= 0.6 is 0 Å². The average Bonchev–Trinajstić information content (AvgIpc) is 2.49. The molecular weight excluding hydrogens is 271 g/mol. The highest BCUT2D eigenvalue weighted by Gasteiger charge is 2.06. The van der Waals surface area contributed by atoms with Gasteiger partial charge in [-0.1, -0.05) is 18.2 Å². The van der Waals surface area contributed by atoms with Crippen LogP contribution in [0.3, 0.4) is 0 Å². The second kappa shape index (κ2) is 6.74. The van der Waals surface area contributed by atoms with E-state index in [-0.39, 0.29) is 18.3 Å². The smallest absolute Gasteiger partial charge is 0.243 e. The van der Waals surface area contributed by atoms with Crippen LogP contribution in [0, 0.1) is 12.7 Å². The molecule has 2 rings (SSSR count). The van der Waals surface area contributed by atoms with Gasteiger partial charge in [0, 0.05) is 5.69 Å². The third kappa shape index (κ3) is 3.95. The Hall–Kier alpha value is -2.56. The summed E-state index contributed by atoms with van der Waals surface area (Å²) < 4.78 is 18.6. The predicted molar refractivity (Wildman–Crippen MR) is 81.3 cm³/mol. The minimum absolute atomic E-state index is 0.0653. The van der Waals surface area contributed by atoms with Crippen LogP contribution in [0.4, 0.5) is 15.8 Å². The molecule has 0 heterocycles. The number of para-hydroxylation sites is 2. The van der Waals surface area contributed by atoms with Crippen molar-refractivity contribution in [3.63, 3.8) is 0 Å². The van der Waals surface area contributed by atoms with Crippen LogP contribution in [0.25, 0.3) is 0 Å². The number of carbonyl (C=O) groups is 1. The SMILES string of the molecule is COc1ccccc1NCC(=O)Nc1ccc(C)c(F)c1. The standard InChI is InChI=1S/C16H17FN2O2/c1-11-7-8-12(9-13(11)17)19-16(20)10-18-14-5-3-4-6-15(14)21-2/h3-9,18H,10H2,1-2H3,(H,19,20). The second-order valence-corrected chi connectivity index (χ2v) is 4.57. The van der Waals surface area contributed by atoms with Crippen molar-refractivity contribution in [2.75, 3.05) is 24.3 Å². The molecule has 0 saturated carbocycles. The number of aryl methyl sites for hydroxylation is 1. The van der Waals surface area contributed by atoms with Gasteiger partial charge >= 0.3 is 0 Å². The van der Waals surface area contributed by atoms with Crippen molar-refractivity contribution < 1.29 is 13.9 Å². The summed E-state index contributed by atoms with van der Waals surface area (Å²) in [4.78, 5) is 11.8. The molecule has 2 N–H and O–H groups in total. The fraction of sp³-hybridized carbons (Fsp3) is 0.188. The zero-order valence-corrected chi connectivity index (χ0v) is 11.9. The zero-order valence-electron chi connectivity index (χ0n) is 11.9. The first-order valence-corrected chi connectivity index (χ1v) is 6.53. The van der Waals surface area contributed by atoms with Gasteiger partial charge in [0.15, 0.2) is 0 Å². The summed E-state index contributed by atoms with van der Waals surface area (Å²) in [5.74, 6) is 0.0568. The quantitative estimate of drug-likeness (QED) is 0.888. The van der Waals surface area contributed by atoms with Crippen molar-refractivity contribution in [1.82, 2.24) is 0 Å². The Kier molecular flexibility index (Phi) is 4.77. The molecule has 0 spiro atoms. The number of rotatable bonds is 5. The lowest BCUT2D eigenvalue weighted by Gasteiger charge is -2.11. The lowest BCUT2D eigenvalue weighted by molar-refractivity contribution is -0.114. The average molecular weight is 288 g/mol. The molecule has 0 aliphatic carbocycles. The third-order valence-electron chi connectivity index (χ3n) is 3.00. The molecule has 0 unspecified atom stereocenters. The Balaban J connectivity index is 1.94. The number of methoxy groups -OCH3 is 1. The van der Waals surface area contributed by atoms with Gasteiger partial charge in [-0.25, -0.2) is 4.39 Å². The van der Waals surface area contributed by atoms with Gasteiger partial charge in [0.05, 0.1) is 19.3 Å². The summed E-state index contributed by atoms with van der Waals surface area (Å²) in [6.45, 7) is 1.74. The van der Waals surface area contributed by atoms with E-state index in [1.54, 1.807) is 32.2 Å². The van der Waals surface area contributed by atoms with E-state index in [2.05, 4.69) is 10.6 Å². The maximum Gasteiger partial charge on any atom is 0.243 e. The van der Waals surface area contributed by atoms with E-state index in [0.29, 0.717) is 17.0 Å². The maximum atomic E-state index is 13.4. The Morgan fingerprint density at radius 2 is 2.00 bits per heavy atom. The fourth-order valence-corrected chi connectivity index (χ4v) is 1.84. The van der Waals surface area contributed by atoms with E-state index >= 15 is 0 Å². The molecule has 4 nitrogen and oxygen atoms in total. The molecule has 0 radical (unpaired) electrons. The summed E-state index contributed by atoms with van der Waals surface area (Å²) >= 11 is 0. The lowest BCUT2D eigenvalue weighted by Crippen LogP contribution is -2.22. The Morgan fingerprint density at radius 3 is 2.71 bits per heavy atom. The number of hydrogen-bond donors (Lipinski definition) is 2. The van der Waals surface area contributed by atoms with Gasteiger partial charge in [0.2, 0.25) is 5.91 Å². The Labute approximate surface area is 122 Å². The molecule has 2 aromatic carbocycles. The van der Waals surface area contributed by atoms with Crippen LogP contribution in [0.1, 0.15) is 5.56 Å². The minimum atomic E-state index is -0.342. The van der Waals surface area contributed by atoms with E-state index in [1.165, 1.54) is 6.07 Å². The van der Waals surface area contributed by atoms with Crippen molar-refractivity contribution in [3.8, 4) is 5.75 Å². The number of nitrogens with one attached hydrogen (secondary N) is 2. The summed E-state index contributed by atoms with van der Waals surface area (Å²) in [7, 11) is 1.57. The fourth-order valence-electron chi connectivity index (χ4n) is 1.84. The molecule has 2 aromatic rings. The molecule has 0 aliphatic heterocycles. The first-order chi connectivity index (χ1) is 10.1. The summed E-state index contributed by atoms with van der Waals surface area (Å²) in [6, 6.07) is 11.9. The molecule has 110 valence electrons. The first kappa shape index (κ1) is 14.8. The zero-order chi connectivity index (χ0) is 15.2. The minimum Gasteiger partial charge on any atom is -0.495 e. The maximum absolute atomic E-state index is 13.4. The van der Waals surface area contributed by atoms with Crippen LogP contribution in [0.2, 0.25) is 0 Å². The van der Waals surface area contributed by atoms with Gasteiger partial charge in [0.25, 0.3) is 0 Å². The van der Waals surface area contributed by atoms with Crippen molar-refractivity contribution in [3.05, 3.63) is 53.8 Å². The van der Waals surface area contributed by atoms with Crippen molar-refractivity contribution in [1.29, 1.82) is 0 Å². The van der Waals surface area contributed by atoms with Gasteiger partial charge in [0.1, 0.15) is 11.6 Å². The first-order valence-electron chi connectivity index (χ1n) is 6.53. The normalized spacial score (nSPS) is 10.0. The highest BCUT2D eigenvalue weighted by atomic mass is 19.1. The second-order valence-electron chi connectivity index (χ2n) is 4.57. The van der Waals surface area contributed by atoms with Gasteiger partial charge in [-0.2, -0.15) is 0 Å². The van der Waals surface area contributed by atoms with E-state index in [9.17, 15) is 9.18 Å². The summed E-state index contributed by atoms with van der Waals surface area (Å²) in [6.07, 6.45) is 0. The van der Waals surface area contributed by atoms with Crippen molar-refractivity contribution in [2.45, 2.75) is 6.92 Å². The van der Waals surface area contributed by atoms with Gasteiger partial charge < -0.3 is 15.4 Å². The van der Waals surface area contributed by atoms with Crippen LogP contribution in [-0.4, -0.2) is 19.6 Å². The number of halogens is 1. The van der Waals surface area contributed by atoms with E-state index in [4.69, 9.17) is 4.74 Å². The number of ether oxygens (including phenoxy) is 1. The van der Waals surface area contributed by atoms with Crippen molar-refractivity contribution >= 4 is 17.3 Å². The number of benzene rings is 2. The predicted octanol–water partition coefficient (Wildman–Crippen LogP) is 3.19. The summed E-state index contributed by atoms with van der Waals surface area (Å²) in [5, 5.41) is 5.61. The number of anilines is 2. The Morgan fingerprint density at radius 1 is 1.24 bits per heavy atom. The Bertz CT molecular complexity index is 644. The van der Waals surface area contributed by atoms with Gasteiger partial charge in [-0.15, -0.1) is 0 Å². The topological polar surface area (TPSA) is 50.4 Å². The van der Waals surface area contributed by atoms with E-state index < -0.39 is 0 Å². The number of carbonyl (C=O) groups excluding carboxylic acids is 1. The molecule has 0 fully saturated rings. The highest BCUT2D eigenvalue weighted by Crippen LogP contribution is 2.22. The molecule has 21 heavy (non-hydrogen) atoms. The summed E-state index contributed by atoms with van der Waals surface area (Å²) in [5.41, 5.74) is 1.70. The molecule has 0 aliphatic rings. The van der Waals surface area contributed by atoms with Gasteiger partial charge in [-0.05, 0) is 36.8 Å². The number of hydrogen-bond acceptors (Lipinski definition) is 3. The highest BCUT2D eigenvalue weighted by molar-refractivity contribution is 5.93. The monoisotopic (exact) mass is 288 g/mol. The van der Waals surface area contributed by atoms with Crippen LogP contribution in [0.5, 0.6) is 5.75 Å². The molecular formula is C16H17FN2O2. The van der Waals surface area contributed by atoms with E-state index in [0.717, 1.165) is 5.69 Å². The third-order valence-corrected chi connectivity index (χ3v) is 3.00. The van der Waals surface area contributed by atoms with Gasteiger partial charge in [-0.3, -0.25) is 4.79 Å². The largest absolute Gasteiger partial charge is 0.495 e. The van der Waals surface area contributed by atoms with Crippen LogP contribution < -0.4 is 15.4 Å². The van der Waals surface area contributed by atoms with Crippen molar-refractivity contribution in [2.24, 2.45) is 0 Å². The molecule has 0 atom stereocenters. The molecule has 0 bridgehead atoms. The molecule has 0 saturated heterocycles. The van der Waals surface area contributed by atoms with Crippen LogP contribution in [-0.2, 0) is 4.79 Å². The number of amides is 1. The molecule has 5 heteroatoms.